The summed E-state index contributed by atoms with van der Waals surface area (Å²) in [7, 11) is 0. The average molecular weight is 507 g/mol. The molecule has 0 aliphatic carbocycles. The number of aromatic nitrogens is 2. The zero-order chi connectivity index (χ0) is 25.8. The lowest BCUT2D eigenvalue weighted by Crippen LogP contribution is -2.14. The standard InChI is InChI=1S/C29H22N4O3S/c1-20-27(28(21-11-5-2-6-12-21)31-32(20)23-13-7-3-8-14-23)29(34)30-22-17-24(33(35)36)19-26(18-22)37-25-15-9-4-10-16-25/h2-19H,1H3,(H,30,34). The first kappa shape index (κ1) is 24.0. The minimum Gasteiger partial charge on any atom is -0.322 e. The molecule has 0 bridgehead atoms. The number of rotatable bonds is 7. The highest BCUT2D eigenvalue weighted by Gasteiger charge is 2.24. The van der Waals surface area contributed by atoms with Gasteiger partial charge in [-0.3, -0.25) is 14.9 Å². The number of nitro benzene ring substituents is 1. The lowest BCUT2D eigenvalue weighted by atomic mass is 10.1. The van der Waals surface area contributed by atoms with E-state index in [2.05, 4.69) is 5.32 Å². The molecular weight excluding hydrogens is 484 g/mol. The van der Waals surface area contributed by atoms with Crippen LogP contribution in [-0.2, 0) is 0 Å². The molecule has 1 aromatic heterocycles. The van der Waals surface area contributed by atoms with Gasteiger partial charge in [0, 0.05) is 33.2 Å². The highest BCUT2D eigenvalue weighted by molar-refractivity contribution is 7.99. The zero-order valence-corrected chi connectivity index (χ0v) is 20.7. The van der Waals surface area contributed by atoms with Gasteiger partial charge in [0.2, 0.25) is 0 Å². The van der Waals surface area contributed by atoms with Crippen LogP contribution in [0.4, 0.5) is 11.4 Å². The van der Waals surface area contributed by atoms with Crippen LogP contribution in [0.15, 0.2) is 119 Å². The van der Waals surface area contributed by atoms with Crippen LogP contribution in [0.3, 0.4) is 0 Å². The van der Waals surface area contributed by atoms with Crippen molar-refractivity contribution in [1.29, 1.82) is 0 Å². The molecule has 0 spiro atoms. The summed E-state index contributed by atoms with van der Waals surface area (Å²) in [6.07, 6.45) is 0. The van der Waals surface area contributed by atoms with Crippen molar-refractivity contribution in [3.63, 3.8) is 0 Å². The number of para-hydroxylation sites is 1. The summed E-state index contributed by atoms with van der Waals surface area (Å²) in [6.45, 7) is 1.84. The maximum Gasteiger partial charge on any atom is 0.272 e. The van der Waals surface area contributed by atoms with E-state index in [9.17, 15) is 14.9 Å². The Morgan fingerprint density at radius 3 is 2.14 bits per heavy atom. The van der Waals surface area contributed by atoms with Crippen LogP contribution in [0.2, 0.25) is 0 Å². The van der Waals surface area contributed by atoms with Crippen molar-refractivity contribution >= 4 is 29.0 Å². The topological polar surface area (TPSA) is 90.1 Å². The highest BCUT2D eigenvalue weighted by Crippen LogP contribution is 2.34. The van der Waals surface area contributed by atoms with Crippen molar-refractivity contribution in [2.75, 3.05) is 5.32 Å². The molecule has 37 heavy (non-hydrogen) atoms. The van der Waals surface area contributed by atoms with Crippen LogP contribution in [0.1, 0.15) is 16.1 Å². The van der Waals surface area contributed by atoms with Crippen molar-refractivity contribution in [1.82, 2.24) is 9.78 Å². The first-order chi connectivity index (χ1) is 18.0. The van der Waals surface area contributed by atoms with E-state index in [1.807, 2.05) is 97.9 Å². The van der Waals surface area contributed by atoms with E-state index in [-0.39, 0.29) is 5.69 Å². The Kier molecular flexibility index (Phi) is 6.83. The maximum atomic E-state index is 13.7. The van der Waals surface area contributed by atoms with Crippen LogP contribution in [0.25, 0.3) is 16.9 Å². The van der Waals surface area contributed by atoms with Crippen molar-refractivity contribution in [3.05, 3.63) is 131 Å². The molecule has 0 fully saturated rings. The first-order valence-corrected chi connectivity index (χ1v) is 12.4. The van der Waals surface area contributed by atoms with Gasteiger partial charge >= 0.3 is 0 Å². The molecule has 0 aliphatic rings. The Balaban J connectivity index is 1.55. The number of anilines is 1. The third-order valence-electron chi connectivity index (χ3n) is 5.73. The Labute approximate surface area is 217 Å². The molecule has 1 N–H and O–H groups in total. The lowest BCUT2D eigenvalue weighted by Gasteiger charge is -2.09. The molecule has 5 rings (SSSR count). The van der Waals surface area contributed by atoms with Crippen molar-refractivity contribution in [2.24, 2.45) is 0 Å². The van der Waals surface area contributed by atoms with Gasteiger partial charge < -0.3 is 5.32 Å². The molecule has 0 saturated heterocycles. The second-order valence-electron chi connectivity index (χ2n) is 8.26. The van der Waals surface area contributed by atoms with E-state index in [1.54, 1.807) is 10.7 Å². The van der Waals surface area contributed by atoms with E-state index < -0.39 is 10.8 Å². The molecule has 0 saturated carbocycles. The average Bonchev–Trinajstić information content (AvgIpc) is 3.27. The maximum absolute atomic E-state index is 13.7. The SMILES string of the molecule is Cc1c(C(=O)Nc2cc(Sc3ccccc3)cc([N+](=O)[O-])c2)c(-c2ccccc2)nn1-c1ccccc1. The van der Waals surface area contributed by atoms with Crippen LogP contribution in [-0.4, -0.2) is 20.6 Å². The molecule has 4 aromatic carbocycles. The molecule has 8 heteroatoms. The lowest BCUT2D eigenvalue weighted by molar-refractivity contribution is -0.385. The van der Waals surface area contributed by atoms with Gasteiger partial charge in [-0.2, -0.15) is 5.10 Å². The molecule has 1 heterocycles. The number of carbonyl (C=O) groups excluding carboxylic acids is 1. The van der Waals surface area contributed by atoms with Gasteiger partial charge in [-0.1, -0.05) is 78.5 Å². The Bertz CT molecular complexity index is 1570. The minimum atomic E-state index is -0.460. The molecule has 182 valence electrons. The molecule has 0 atom stereocenters. The number of amides is 1. The fraction of sp³-hybridized carbons (Fsp3) is 0.0345. The van der Waals surface area contributed by atoms with Gasteiger partial charge in [0.15, 0.2) is 0 Å². The normalized spacial score (nSPS) is 10.7. The highest BCUT2D eigenvalue weighted by atomic mass is 32.2. The van der Waals surface area contributed by atoms with E-state index in [1.165, 1.54) is 23.9 Å². The molecule has 0 radical (unpaired) electrons. The van der Waals surface area contributed by atoms with E-state index in [0.717, 1.165) is 16.1 Å². The number of carbonyl (C=O) groups is 1. The van der Waals surface area contributed by atoms with E-state index in [0.29, 0.717) is 27.5 Å². The van der Waals surface area contributed by atoms with E-state index in [4.69, 9.17) is 5.10 Å². The summed E-state index contributed by atoms with van der Waals surface area (Å²) < 4.78 is 1.74. The third kappa shape index (κ3) is 5.29. The van der Waals surface area contributed by atoms with Crippen LogP contribution in [0.5, 0.6) is 0 Å². The number of hydrogen-bond donors (Lipinski definition) is 1. The van der Waals surface area contributed by atoms with E-state index >= 15 is 0 Å². The van der Waals surface area contributed by atoms with Gasteiger partial charge in [-0.25, -0.2) is 4.68 Å². The van der Waals surface area contributed by atoms with Gasteiger partial charge in [0.05, 0.1) is 21.9 Å². The molecule has 1 amide bonds. The number of nitro groups is 1. The van der Waals surface area contributed by atoms with Crippen molar-refractivity contribution < 1.29 is 9.72 Å². The van der Waals surface area contributed by atoms with Crippen molar-refractivity contribution in [3.8, 4) is 16.9 Å². The molecule has 0 unspecified atom stereocenters. The quantitative estimate of drug-likeness (QED) is 0.187. The fourth-order valence-electron chi connectivity index (χ4n) is 4.03. The zero-order valence-electron chi connectivity index (χ0n) is 19.9. The van der Waals surface area contributed by atoms with Gasteiger partial charge in [0.25, 0.3) is 11.6 Å². The summed E-state index contributed by atoms with van der Waals surface area (Å²) in [6, 6.07) is 33.2. The van der Waals surface area contributed by atoms with Crippen LogP contribution < -0.4 is 5.32 Å². The second-order valence-corrected chi connectivity index (χ2v) is 9.41. The largest absolute Gasteiger partial charge is 0.322 e. The second kappa shape index (κ2) is 10.5. The third-order valence-corrected chi connectivity index (χ3v) is 6.71. The Morgan fingerprint density at radius 2 is 1.49 bits per heavy atom. The van der Waals surface area contributed by atoms with Crippen LogP contribution >= 0.6 is 11.8 Å². The predicted octanol–water partition coefficient (Wildman–Crippen LogP) is 7.16. The van der Waals surface area contributed by atoms with Gasteiger partial charge in [-0.15, -0.1) is 0 Å². The number of non-ortho nitro benzene ring substituents is 1. The van der Waals surface area contributed by atoms with Gasteiger partial charge in [0.1, 0.15) is 5.69 Å². The summed E-state index contributed by atoms with van der Waals surface area (Å²) in [5.41, 5.74) is 3.45. The Morgan fingerprint density at radius 1 is 0.865 bits per heavy atom. The van der Waals surface area contributed by atoms with Gasteiger partial charge in [-0.05, 0) is 37.3 Å². The predicted molar refractivity (Wildman–Crippen MR) is 145 cm³/mol. The molecule has 7 nitrogen and oxygen atoms in total. The summed E-state index contributed by atoms with van der Waals surface area (Å²) in [4.78, 5) is 26.4. The number of hydrogen-bond acceptors (Lipinski definition) is 5. The minimum absolute atomic E-state index is 0.101. The molecule has 5 aromatic rings. The summed E-state index contributed by atoms with van der Waals surface area (Å²) >= 11 is 1.39. The summed E-state index contributed by atoms with van der Waals surface area (Å²) in [5, 5.41) is 19.3. The smallest absolute Gasteiger partial charge is 0.272 e. The van der Waals surface area contributed by atoms with Crippen LogP contribution in [0, 0.1) is 17.0 Å². The first-order valence-electron chi connectivity index (χ1n) is 11.5. The number of benzene rings is 4. The monoisotopic (exact) mass is 506 g/mol. The number of nitrogens with zero attached hydrogens (tertiary/aromatic N) is 3. The number of nitrogens with one attached hydrogen (secondary N) is 1. The summed E-state index contributed by atoms with van der Waals surface area (Å²) in [5.74, 6) is -0.394. The fourth-order valence-corrected chi connectivity index (χ4v) is 4.96. The molecular formula is C29H22N4O3S. The molecule has 0 aliphatic heterocycles. The van der Waals surface area contributed by atoms with Crippen molar-refractivity contribution in [2.45, 2.75) is 16.7 Å². The Hall–Kier alpha value is -4.69.